The summed E-state index contributed by atoms with van der Waals surface area (Å²) in [6, 6.07) is 6.64. The van der Waals surface area contributed by atoms with Crippen LogP contribution in [-0.2, 0) is 4.74 Å². The summed E-state index contributed by atoms with van der Waals surface area (Å²) >= 11 is 2.05. The number of nitrogens with zero attached hydrogens (tertiary/aromatic N) is 1. The van der Waals surface area contributed by atoms with E-state index in [1.165, 1.54) is 30.0 Å². The van der Waals surface area contributed by atoms with Crippen LogP contribution in [0.2, 0.25) is 0 Å². The number of pyridine rings is 1. The van der Waals surface area contributed by atoms with Gasteiger partial charge in [-0.3, -0.25) is 4.98 Å². The molecule has 1 aromatic heterocycles. The molecule has 4 heteroatoms. The standard InChI is InChI=1S/C17H26N2OS/c1-2-8-19-16(15-5-3-4-9-18-15)14-6-10-20-17(12-14)7-11-21-13-17/h3-5,9,14,16,19H,2,6-8,10-13H2,1H3. The van der Waals surface area contributed by atoms with Crippen LogP contribution in [0, 0.1) is 5.92 Å². The van der Waals surface area contributed by atoms with Crippen LogP contribution in [0.3, 0.4) is 0 Å². The number of thioether (sulfide) groups is 1. The molecule has 2 fully saturated rings. The van der Waals surface area contributed by atoms with E-state index in [9.17, 15) is 0 Å². The minimum absolute atomic E-state index is 0.147. The lowest BCUT2D eigenvalue weighted by molar-refractivity contribution is -0.0856. The number of rotatable bonds is 5. The highest BCUT2D eigenvalue weighted by atomic mass is 32.2. The van der Waals surface area contributed by atoms with Crippen molar-refractivity contribution < 1.29 is 4.74 Å². The first-order valence-corrected chi connectivity index (χ1v) is 9.34. The van der Waals surface area contributed by atoms with Crippen molar-refractivity contribution in [2.45, 2.75) is 44.2 Å². The van der Waals surface area contributed by atoms with Crippen LogP contribution in [0.4, 0.5) is 0 Å². The highest BCUT2D eigenvalue weighted by molar-refractivity contribution is 7.99. The minimum Gasteiger partial charge on any atom is -0.374 e. The molecular formula is C17H26N2OS. The fourth-order valence-electron chi connectivity index (χ4n) is 3.59. The van der Waals surface area contributed by atoms with Gasteiger partial charge < -0.3 is 10.1 Å². The minimum atomic E-state index is 0.147. The molecule has 1 spiro atoms. The highest BCUT2D eigenvalue weighted by Gasteiger charge is 2.42. The van der Waals surface area contributed by atoms with Gasteiger partial charge in [0.15, 0.2) is 0 Å². The van der Waals surface area contributed by atoms with Crippen molar-refractivity contribution in [1.29, 1.82) is 0 Å². The molecule has 0 radical (unpaired) electrons. The molecule has 3 atom stereocenters. The first-order valence-electron chi connectivity index (χ1n) is 8.19. The van der Waals surface area contributed by atoms with E-state index in [2.05, 4.69) is 29.4 Å². The van der Waals surface area contributed by atoms with E-state index in [1.807, 2.05) is 24.0 Å². The molecule has 0 amide bonds. The molecule has 0 saturated carbocycles. The number of ether oxygens (including phenoxy) is 1. The summed E-state index contributed by atoms with van der Waals surface area (Å²) in [5, 5.41) is 3.74. The van der Waals surface area contributed by atoms with Crippen molar-refractivity contribution in [1.82, 2.24) is 10.3 Å². The first kappa shape index (κ1) is 15.3. The topological polar surface area (TPSA) is 34.2 Å². The molecule has 3 rings (SSSR count). The number of hydrogen-bond donors (Lipinski definition) is 1. The largest absolute Gasteiger partial charge is 0.374 e. The lowest BCUT2D eigenvalue weighted by Gasteiger charge is -2.41. The molecule has 0 bridgehead atoms. The van der Waals surface area contributed by atoms with Crippen molar-refractivity contribution in [2.75, 3.05) is 24.7 Å². The van der Waals surface area contributed by atoms with Gasteiger partial charge in [-0.1, -0.05) is 13.0 Å². The fraction of sp³-hybridized carbons (Fsp3) is 0.706. The zero-order chi connectivity index (χ0) is 14.5. The summed E-state index contributed by atoms with van der Waals surface area (Å²) in [5.74, 6) is 3.06. The van der Waals surface area contributed by atoms with Gasteiger partial charge in [0.25, 0.3) is 0 Å². The van der Waals surface area contributed by atoms with Gasteiger partial charge in [-0.05, 0) is 56.0 Å². The van der Waals surface area contributed by atoms with Gasteiger partial charge >= 0.3 is 0 Å². The van der Waals surface area contributed by atoms with Crippen LogP contribution in [0.1, 0.15) is 44.3 Å². The molecule has 3 nitrogen and oxygen atoms in total. The average Bonchev–Trinajstić information content (AvgIpc) is 2.97. The Morgan fingerprint density at radius 3 is 3.19 bits per heavy atom. The predicted octanol–water partition coefficient (Wildman–Crippen LogP) is 3.42. The fourth-order valence-corrected chi connectivity index (χ4v) is 4.96. The van der Waals surface area contributed by atoms with Crippen LogP contribution >= 0.6 is 11.8 Å². The highest BCUT2D eigenvalue weighted by Crippen LogP contribution is 2.43. The van der Waals surface area contributed by atoms with E-state index in [-0.39, 0.29) is 5.60 Å². The van der Waals surface area contributed by atoms with E-state index in [4.69, 9.17) is 4.74 Å². The Balaban J connectivity index is 1.75. The van der Waals surface area contributed by atoms with Gasteiger partial charge in [0.2, 0.25) is 0 Å². The lowest BCUT2D eigenvalue weighted by atomic mass is 9.80. The second kappa shape index (κ2) is 7.12. The first-order chi connectivity index (χ1) is 10.3. The summed E-state index contributed by atoms with van der Waals surface area (Å²) < 4.78 is 6.18. The van der Waals surface area contributed by atoms with Crippen LogP contribution in [-0.4, -0.2) is 35.2 Å². The van der Waals surface area contributed by atoms with Crippen molar-refractivity contribution in [3.8, 4) is 0 Å². The maximum absolute atomic E-state index is 6.18. The molecule has 3 heterocycles. The van der Waals surface area contributed by atoms with E-state index >= 15 is 0 Å². The second-order valence-corrected chi connectivity index (χ2v) is 7.38. The molecule has 1 aromatic rings. The van der Waals surface area contributed by atoms with Gasteiger partial charge in [-0.2, -0.15) is 11.8 Å². The van der Waals surface area contributed by atoms with Gasteiger partial charge in [0.05, 0.1) is 17.3 Å². The Bertz CT molecular complexity index is 434. The van der Waals surface area contributed by atoms with E-state index in [0.29, 0.717) is 12.0 Å². The molecule has 2 aliphatic heterocycles. The molecule has 2 aliphatic rings. The number of nitrogens with one attached hydrogen (secondary N) is 1. The second-order valence-electron chi connectivity index (χ2n) is 6.27. The Labute approximate surface area is 132 Å². The normalized spacial score (nSPS) is 30.6. The zero-order valence-corrected chi connectivity index (χ0v) is 13.7. The number of hydrogen-bond acceptors (Lipinski definition) is 4. The summed E-state index contributed by atoms with van der Waals surface area (Å²) in [7, 11) is 0. The van der Waals surface area contributed by atoms with E-state index in [1.54, 1.807) is 0 Å². The summed E-state index contributed by atoms with van der Waals surface area (Å²) in [5.41, 5.74) is 1.34. The molecule has 0 aromatic carbocycles. The van der Waals surface area contributed by atoms with Crippen LogP contribution in [0.25, 0.3) is 0 Å². The Morgan fingerprint density at radius 2 is 2.48 bits per heavy atom. The third-order valence-corrected chi connectivity index (χ3v) is 5.91. The molecule has 3 unspecified atom stereocenters. The lowest BCUT2D eigenvalue weighted by Crippen LogP contribution is -2.44. The molecule has 0 aliphatic carbocycles. The zero-order valence-electron chi connectivity index (χ0n) is 12.9. The summed E-state index contributed by atoms with van der Waals surface area (Å²) in [6.07, 6.45) is 6.61. The molecular weight excluding hydrogens is 280 g/mol. The molecule has 21 heavy (non-hydrogen) atoms. The molecule has 2 saturated heterocycles. The maximum atomic E-state index is 6.18. The smallest absolute Gasteiger partial charge is 0.0783 e. The van der Waals surface area contributed by atoms with Gasteiger partial charge in [0.1, 0.15) is 0 Å². The van der Waals surface area contributed by atoms with Crippen molar-refractivity contribution in [2.24, 2.45) is 5.92 Å². The van der Waals surface area contributed by atoms with Gasteiger partial charge in [-0.25, -0.2) is 0 Å². The predicted molar refractivity (Wildman–Crippen MR) is 88.6 cm³/mol. The maximum Gasteiger partial charge on any atom is 0.0783 e. The summed E-state index contributed by atoms with van der Waals surface area (Å²) in [6.45, 7) is 4.18. The average molecular weight is 306 g/mol. The Kier molecular flexibility index (Phi) is 5.19. The monoisotopic (exact) mass is 306 g/mol. The molecule has 1 N–H and O–H groups in total. The quantitative estimate of drug-likeness (QED) is 0.904. The van der Waals surface area contributed by atoms with E-state index < -0.39 is 0 Å². The van der Waals surface area contributed by atoms with Crippen LogP contribution in [0.5, 0.6) is 0 Å². The Morgan fingerprint density at radius 1 is 1.52 bits per heavy atom. The van der Waals surface area contributed by atoms with Gasteiger partial charge in [-0.15, -0.1) is 0 Å². The van der Waals surface area contributed by atoms with Crippen LogP contribution < -0.4 is 5.32 Å². The van der Waals surface area contributed by atoms with Crippen LogP contribution in [0.15, 0.2) is 24.4 Å². The summed E-state index contributed by atoms with van der Waals surface area (Å²) in [4.78, 5) is 4.61. The SMILES string of the molecule is CCCNC(c1ccccn1)C1CCOC2(CCSC2)C1. The van der Waals surface area contributed by atoms with Gasteiger partial charge in [0, 0.05) is 18.6 Å². The van der Waals surface area contributed by atoms with Crippen molar-refractivity contribution in [3.63, 3.8) is 0 Å². The third kappa shape index (κ3) is 3.61. The number of aromatic nitrogens is 1. The molecule has 116 valence electrons. The third-order valence-electron chi connectivity index (χ3n) is 4.69. The Hall–Kier alpha value is -0.580. The van der Waals surface area contributed by atoms with Crippen molar-refractivity contribution in [3.05, 3.63) is 30.1 Å². The van der Waals surface area contributed by atoms with Crippen molar-refractivity contribution >= 4 is 11.8 Å². The van der Waals surface area contributed by atoms with E-state index in [0.717, 1.165) is 26.0 Å².